The van der Waals surface area contributed by atoms with Crippen LogP contribution in [0.25, 0.3) is 10.9 Å². The van der Waals surface area contributed by atoms with Gasteiger partial charge in [-0.05, 0) is 68.1 Å². The molecule has 7 heteroatoms. The predicted molar refractivity (Wildman–Crippen MR) is 112 cm³/mol. The molecular formula is C21H21ClN3O2S. The van der Waals surface area contributed by atoms with E-state index in [9.17, 15) is 8.42 Å². The van der Waals surface area contributed by atoms with Gasteiger partial charge in [-0.1, -0.05) is 23.7 Å². The first-order chi connectivity index (χ1) is 13.5. The van der Waals surface area contributed by atoms with Crippen molar-refractivity contribution in [3.63, 3.8) is 0 Å². The molecule has 2 N–H and O–H groups in total. The van der Waals surface area contributed by atoms with Gasteiger partial charge in [0.15, 0.2) is 0 Å². The molecule has 1 fully saturated rings. The summed E-state index contributed by atoms with van der Waals surface area (Å²) in [6.45, 7) is 0. The Morgan fingerprint density at radius 1 is 1.00 bits per heavy atom. The van der Waals surface area contributed by atoms with Gasteiger partial charge in [-0.3, -0.25) is 4.98 Å². The van der Waals surface area contributed by atoms with E-state index >= 15 is 0 Å². The number of pyridine rings is 1. The van der Waals surface area contributed by atoms with Gasteiger partial charge >= 0.3 is 0 Å². The van der Waals surface area contributed by atoms with E-state index in [-0.39, 0.29) is 10.9 Å². The standard InChI is InChI=1S/C21H21ClN3O2S/c22-15-6-11-19-20(12-13-23-21(19)14-15)24-16-7-9-17(10-8-16)25-28(26,27)18-4-2-1-3-5-18/h2-6,11-14,16-17,25H,7-10H2,(H,23,24). The highest BCUT2D eigenvalue weighted by Crippen LogP contribution is 2.28. The Bertz CT molecular complexity index is 1070. The summed E-state index contributed by atoms with van der Waals surface area (Å²) < 4.78 is 27.8. The average Bonchev–Trinajstić information content (AvgIpc) is 2.70. The summed E-state index contributed by atoms with van der Waals surface area (Å²) >= 11 is 6.06. The molecule has 0 saturated heterocycles. The van der Waals surface area contributed by atoms with Gasteiger partial charge in [0.05, 0.1) is 10.4 Å². The second-order valence-corrected chi connectivity index (χ2v) is 9.22. The van der Waals surface area contributed by atoms with Crippen molar-refractivity contribution in [1.82, 2.24) is 9.71 Å². The van der Waals surface area contributed by atoms with Crippen LogP contribution in [0.2, 0.25) is 5.02 Å². The number of nitrogens with one attached hydrogen (secondary N) is 2. The molecule has 145 valence electrons. The number of halogens is 1. The summed E-state index contributed by atoms with van der Waals surface area (Å²) in [4.78, 5) is 4.66. The fraction of sp³-hybridized carbons (Fsp3) is 0.286. The Balaban J connectivity index is 1.39. The zero-order chi connectivity index (χ0) is 19.6. The number of anilines is 1. The molecule has 1 heterocycles. The molecule has 1 aliphatic carbocycles. The first-order valence-corrected chi connectivity index (χ1v) is 11.2. The average molecular weight is 415 g/mol. The van der Waals surface area contributed by atoms with Gasteiger partial charge in [0.2, 0.25) is 10.0 Å². The van der Waals surface area contributed by atoms with Crippen LogP contribution in [0.3, 0.4) is 0 Å². The highest BCUT2D eigenvalue weighted by atomic mass is 35.5. The molecule has 5 nitrogen and oxygen atoms in total. The lowest BCUT2D eigenvalue weighted by molar-refractivity contribution is 0.387. The van der Waals surface area contributed by atoms with Gasteiger partial charge in [0, 0.05) is 34.4 Å². The van der Waals surface area contributed by atoms with Crippen molar-refractivity contribution in [2.75, 3.05) is 5.32 Å². The van der Waals surface area contributed by atoms with Gasteiger partial charge in [0.1, 0.15) is 0 Å². The Labute approximate surface area is 170 Å². The lowest BCUT2D eigenvalue weighted by Gasteiger charge is -2.30. The summed E-state index contributed by atoms with van der Waals surface area (Å²) in [5.41, 5.74) is 1.89. The highest BCUT2D eigenvalue weighted by Gasteiger charge is 2.25. The fourth-order valence-electron chi connectivity index (χ4n) is 3.66. The molecule has 1 aliphatic rings. The minimum absolute atomic E-state index is 0.0415. The van der Waals surface area contributed by atoms with Gasteiger partial charge in [-0.25, -0.2) is 13.1 Å². The molecule has 0 spiro atoms. The van der Waals surface area contributed by atoms with E-state index < -0.39 is 10.0 Å². The Morgan fingerprint density at radius 3 is 2.46 bits per heavy atom. The third-order valence-corrected chi connectivity index (χ3v) is 6.88. The number of sulfonamides is 1. The van der Waals surface area contributed by atoms with E-state index in [0.29, 0.717) is 11.1 Å². The molecule has 0 amide bonds. The monoisotopic (exact) mass is 414 g/mol. The first kappa shape index (κ1) is 19.2. The number of nitrogens with zero attached hydrogens (tertiary/aromatic N) is 1. The molecule has 3 aromatic rings. The maximum atomic E-state index is 12.5. The van der Waals surface area contributed by atoms with Crippen LogP contribution in [-0.2, 0) is 10.0 Å². The Kier molecular flexibility index (Phi) is 5.53. The lowest BCUT2D eigenvalue weighted by atomic mass is 9.91. The molecule has 2 aromatic carbocycles. The van der Waals surface area contributed by atoms with Crippen molar-refractivity contribution in [2.24, 2.45) is 0 Å². The maximum absolute atomic E-state index is 12.5. The van der Waals surface area contributed by atoms with Crippen molar-refractivity contribution in [2.45, 2.75) is 42.7 Å². The van der Waals surface area contributed by atoms with Crippen molar-refractivity contribution in [1.29, 1.82) is 0 Å². The van der Waals surface area contributed by atoms with Crippen molar-refractivity contribution >= 4 is 38.2 Å². The van der Waals surface area contributed by atoms with Crippen LogP contribution < -0.4 is 10.0 Å². The summed E-state index contributed by atoms with van der Waals surface area (Å²) in [5.74, 6) is 0. The van der Waals surface area contributed by atoms with E-state index in [1.165, 1.54) is 0 Å². The minimum Gasteiger partial charge on any atom is -0.382 e. The molecule has 1 aromatic heterocycles. The van der Waals surface area contributed by atoms with Crippen molar-refractivity contribution < 1.29 is 8.42 Å². The van der Waals surface area contributed by atoms with E-state index in [4.69, 9.17) is 11.6 Å². The quantitative estimate of drug-likeness (QED) is 0.649. The van der Waals surface area contributed by atoms with Gasteiger partial charge in [-0.2, -0.15) is 0 Å². The topological polar surface area (TPSA) is 71.1 Å². The molecule has 0 unspecified atom stereocenters. The van der Waals surface area contributed by atoms with Crippen LogP contribution in [0.1, 0.15) is 25.7 Å². The summed E-state index contributed by atoms with van der Waals surface area (Å²) in [5, 5.41) is 5.30. The molecule has 28 heavy (non-hydrogen) atoms. The van der Waals surface area contributed by atoms with Gasteiger partial charge < -0.3 is 5.32 Å². The smallest absolute Gasteiger partial charge is 0.240 e. The number of hydrogen-bond acceptors (Lipinski definition) is 4. The molecule has 1 radical (unpaired) electrons. The molecule has 4 rings (SSSR count). The van der Waals surface area contributed by atoms with Crippen LogP contribution in [0.5, 0.6) is 0 Å². The largest absolute Gasteiger partial charge is 0.382 e. The first-order valence-electron chi connectivity index (χ1n) is 9.30. The summed E-state index contributed by atoms with van der Waals surface area (Å²) in [6.07, 6.45) is 5.16. The maximum Gasteiger partial charge on any atom is 0.240 e. The van der Waals surface area contributed by atoms with E-state index in [1.807, 2.05) is 24.3 Å². The molecular weight excluding hydrogens is 394 g/mol. The number of fused-ring (bicyclic) bond motifs is 1. The normalized spacial score (nSPS) is 20.2. The van der Waals surface area contributed by atoms with E-state index in [0.717, 1.165) is 42.3 Å². The summed E-state index contributed by atoms with van der Waals surface area (Å²) in [7, 11) is -3.48. The number of aromatic nitrogens is 1. The SMILES string of the molecule is O=S(=O)(NC1CCC(Nc2ccnc3cc(Cl)ccc23)CC1)c1cc[c]cc1. The minimum atomic E-state index is -3.48. The number of rotatable bonds is 5. The molecule has 0 bridgehead atoms. The fourth-order valence-corrected chi connectivity index (χ4v) is 5.13. The van der Waals surface area contributed by atoms with E-state index in [1.54, 1.807) is 30.5 Å². The zero-order valence-corrected chi connectivity index (χ0v) is 16.8. The predicted octanol–water partition coefficient (Wildman–Crippen LogP) is 4.39. The highest BCUT2D eigenvalue weighted by molar-refractivity contribution is 7.89. The zero-order valence-electron chi connectivity index (χ0n) is 15.2. The third-order valence-electron chi connectivity index (χ3n) is 5.11. The number of hydrogen-bond donors (Lipinski definition) is 2. The molecule has 1 saturated carbocycles. The second-order valence-electron chi connectivity index (χ2n) is 7.07. The van der Waals surface area contributed by atoms with Crippen LogP contribution >= 0.6 is 11.6 Å². The third kappa shape index (κ3) is 4.29. The van der Waals surface area contributed by atoms with Gasteiger partial charge in [-0.15, -0.1) is 0 Å². The van der Waals surface area contributed by atoms with E-state index in [2.05, 4.69) is 21.1 Å². The Hall–Kier alpha value is -2.15. The number of benzene rings is 2. The second kappa shape index (κ2) is 8.07. The van der Waals surface area contributed by atoms with Crippen LogP contribution in [0, 0.1) is 6.07 Å². The summed E-state index contributed by atoms with van der Waals surface area (Å²) in [6, 6.07) is 17.1. The molecule has 0 aliphatic heterocycles. The van der Waals surface area contributed by atoms with Gasteiger partial charge in [0.25, 0.3) is 0 Å². The van der Waals surface area contributed by atoms with Crippen molar-refractivity contribution in [3.8, 4) is 0 Å². The molecule has 0 atom stereocenters. The van der Waals surface area contributed by atoms with Crippen LogP contribution in [0.4, 0.5) is 5.69 Å². The van der Waals surface area contributed by atoms with Crippen molar-refractivity contribution in [3.05, 3.63) is 65.8 Å². The Morgan fingerprint density at radius 2 is 1.71 bits per heavy atom. The lowest BCUT2D eigenvalue weighted by Crippen LogP contribution is -2.40. The van der Waals surface area contributed by atoms with Crippen LogP contribution in [0.15, 0.2) is 59.6 Å². The van der Waals surface area contributed by atoms with Crippen LogP contribution in [-0.4, -0.2) is 25.5 Å².